The van der Waals surface area contributed by atoms with Gasteiger partial charge >= 0.3 is 0 Å². The molecule has 0 spiro atoms. The van der Waals surface area contributed by atoms with Crippen molar-refractivity contribution in [2.24, 2.45) is 0 Å². The van der Waals surface area contributed by atoms with Crippen LogP contribution >= 0.6 is 27.5 Å². The number of rotatable bonds is 1. The normalized spacial score (nSPS) is 32.2. The molecule has 9 heavy (non-hydrogen) atoms. The van der Waals surface area contributed by atoms with Crippen molar-refractivity contribution in [3.63, 3.8) is 0 Å². The number of carbonyl (C=O) groups is 1. The van der Waals surface area contributed by atoms with Crippen molar-refractivity contribution in [2.75, 3.05) is 0 Å². The number of alkyl halides is 1. The van der Waals surface area contributed by atoms with Gasteiger partial charge in [-0.1, -0.05) is 0 Å². The molecule has 0 N–H and O–H groups in total. The second-order valence-electron chi connectivity index (χ2n) is 1.70. The maximum atomic E-state index is 10.5. The topological polar surface area (TPSA) is 26.3 Å². The minimum Gasteiger partial charge on any atom is -0.475 e. The Morgan fingerprint density at radius 1 is 1.89 bits per heavy atom. The molecule has 0 fully saturated rings. The minimum absolute atomic E-state index is 0.495. The maximum Gasteiger partial charge on any atom is 0.276 e. The molecule has 1 rings (SSSR count). The number of hydrogen-bond donors (Lipinski definition) is 0. The van der Waals surface area contributed by atoms with Crippen LogP contribution in [0.15, 0.2) is 12.3 Å². The first-order valence-corrected chi connectivity index (χ1v) is 3.54. The van der Waals surface area contributed by atoms with Gasteiger partial charge in [-0.25, -0.2) is 0 Å². The van der Waals surface area contributed by atoms with Crippen molar-refractivity contribution >= 4 is 32.8 Å². The highest BCUT2D eigenvalue weighted by molar-refractivity contribution is 9.10. The largest absolute Gasteiger partial charge is 0.475 e. The summed E-state index contributed by atoms with van der Waals surface area (Å²) in [4.78, 5) is 10.5. The van der Waals surface area contributed by atoms with Crippen molar-refractivity contribution in [1.29, 1.82) is 0 Å². The molecule has 1 heterocycles. The quantitative estimate of drug-likeness (QED) is 0.488. The van der Waals surface area contributed by atoms with E-state index in [4.69, 9.17) is 16.3 Å². The average Bonchev–Trinajstić information content (AvgIpc) is 2.16. The van der Waals surface area contributed by atoms with E-state index in [1.54, 1.807) is 6.08 Å². The predicted molar refractivity (Wildman–Crippen MR) is 37.4 cm³/mol. The van der Waals surface area contributed by atoms with E-state index in [9.17, 15) is 4.79 Å². The molecule has 0 saturated carbocycles. The summed E-state index contributed by atoms with van der Waals surface area (Å²) in [5.74, 6) is 0. The van der Waals surface area contributed by atoms with E-state index in [2.05, 4.69) is 15.9 Å². The molecular formula is C5H4BrClO2. The Kier molecular flexibility index (Phi) is 1.82. The van der Waals surface area contributed by atoms with Crippen molar-refractivity contribution in [2.45, 2.75) is 10.9 Å². The van der Waals surface area contributed by atoms with Crippen LogP contribution in [0.2, 0.25) is 0 Å². The lowest BCUT2D eigenvalue weighted by Crippen LogP contribution is -2.26. The molecule has 1 aliphatic rings. The fourth-order valence-electron chi connectivity index (χ4n) is 0.530. The molecule has 0 aromatic heterocycles. The van der Waals surface area contributed by atoms with Gasteiger partial charge in [-0.15, -0.1) is 0 Å². The van der Waals surface area contributed by atoms with E-state index < -0.39 is 9.75 Å². The fraction of sp³-hybridized carbons (Fsp3) is 0.400. The van der Waals surface area contributed by atoms with Gasteiger partial charge in [0.05, 0.1) is 6.26 Å². The lowest BCUT2D eigenvalue weighted by molar-refractivity contribution is -0.120. The SMILES string of the molecule is O=C(Cl)C1(Br)CC=CO1. The van der Waals surface area contributed by atoms with Gasteiger partial charge in [0.25, 0.3) is 5.24 Å². The van der Waals surface area contributed by atoms with Gasteiger partial charge in [0, 0.05) is 6.42 Å². The van der Waals surface area contributed by atoms with Crippen molar-refractivity contribution < 1.29 is 9.53 Å². The first-order chi connectivity index (χ1) is 4.15. The van der Waals surface area contributed by atoms with Gasteiger partial charge < -0.3 is 4.74 Å². The average molecular weight is 211 g/mol. The third kappa shape index (κ3) is 1.27. The molecule has 0 aromatic carbocycles. The van der Waals surface area contributed by atoms with Crippen LogP contribution in [-0.4, -0.2) is 9.75 Å². The van der Waals surface area contributed by atoms with Gasteiger partial charge in [-0.3, -0.25) is 4.79 Å². The molecule has 1 atom stereocenters. The smallest absolute Gasteiger partial charge is 0.276 e. The second kappa shape index (κ2) is 2.31. The van der Waals surface area contributed by atoms with Crippen LogP contribution in [0, 0.1) is 0 Å². The van der Waals surface area contributed by atoms with Gasteiger partial charge in [-0.2, -0.15) is 0 Å². The van der Waals surface area contributed by atoms with Crippen LogP contribution in [0.25, 0.3) is 0 Å². The van der Waals surface area contributed by atoms with Crippen LogP contribution in [-0.2, 0) is 9.53 Å². The van der Waals surface area contributed by atoms with E-state index >= 15 is 0 Å². The van der Waals surface area contributed by atoms with Gasteiger partial charge in [0.1, 0.15) is 0 Å². The van der Waals surface area contributed by atoms with Crippen LogP contribution in [0.1, 0.15) is 6.42 Å². The lowest BCUT2D eigenvalue weighted by Gasteiger charge is -2.14. The minimum atomic E-state index is -0.978. The Hall–Kier alpha value is -0.0200. The standard InChI is InChI=1S/C5H4BrClO2/c6-5(4(7)8)2-1-3-9-5/h1,3H,2H2. The van der Waals surface area contributed by atoms with E-state index in [1.165, 1.54) is 6.26 Å². The summed E-state index contributed by atoms with van der Waals surface area (Å²) in [6.45, 7) is 0. The van der Waals surface area contributed by atoms with E-state index in [0.29, 0.717) is 6.42 Å². The van der Waals surface area contributed by atoms with Crippen LogP contribution < -0.4 is 0 Å². The molecule has 50 valence electrons. The zero-order chi connectivity index (χ0) is 6.91. The Morgan fingerprint density at radius 2 is 2.56 bits per heavy atom. The monoisotopic (exact) mass is 210 g/mol. The number of hydrogen-bond acceptors (Lipinski definition) is 2. The molecule has 0 amide bonds. The number of ether oxygens (including phenoxy) is 1. The lowest BCUT2D eigenvalue weighted by atomic mass is 10.3. The van der Waals surface area contributed by atoms with Gasteiger partial charge in [0.2, 0.25) is 4.51 Å². The van der Waals surface area contributed by atoms with Crippen molar-refractivity contribution in [1.82, 2.24) is 0 Å². The molecule has 0 aliphatic carbocycles. The Labute approximate surface area is 65.9 Å². The molecule has 2 nitrogen and oxygen atoms in total. The van der Waals surface area contributed by atoms with Crippen LogP contribution in [0.4, 0.5) is 0 Å². The van der Waals surface area contributed by atoms with Crippen LogP contribution in [0.3, 0.4) is 0 Å². The highest BCUT2D eigenvalue weighted by Crippen LogP contribution is 2.32. The van der Waals surface area contributed by atoms with Crippen molar-refractivity contribution in [3.05, 3.63) is 12.3 Å². The Balaban J connectivity index is 2.66. The molecule has 1 aliphatic heterocycles. The van der Waals surface area contributed by atoms with Gasteiger partial charge in [-0.05, 0) is 33.6 Å². The third-order valence-corrected chi connectivity index (χ3v) is 2.43. The highest BCUT2D eigenvalue weighted by Gasteiger charge is 2.36. The summed E-state index contributed by atoms with van der Waals surface area (Å²) in [5, 5.41) is -0.521. The second-order valence-corrected chi connectivity index (χ2v) is 3.32. The molecular weight excluding hydrogens is 207 g/mol. The summed E-state index contributed by atoms with van der Waals surface area (Å²) in [6.07, 6.45) is 3.68. The fourth-order valence-corrected chi connectivity index (χ4v) is 0.947. The number of carbonyl (C=O) groups excluding carboxylic acids is 1. The summed E-state index contributed by atoms with van der Waals surface area (Å²) in [6, 6.07) is 0. The Morgan fingerprint density at radius 3 is 2.78 bits per heavy atom. The zero-order valence-corrected chi connectivity index (χ0v) is 6.78. The summed E-state index contributed by atoms with van der Waals surface area (Å²) in [7, 11) is 0. The first-order valence-electron chi connectivity index (χ1n) is 2.37. The summed E-state index contributed by atoms with van der Waals surface area (Å²) in [5.41, 5.74) is 0. The first kappa shape index (κ1) is 7.09. The zero-order valence-electron chi connectivity index (χ0n) is 4.43. The highest BCUT2D eigenvalue weighted by atomic mass is 79.9. The molecule has 1 unspecified atom stereocenters. The van der Waals surface area contributed by atoms with E-state index in [-0.39, 0.29) is 0 Å². The van der Waals surface area contributed by atoms with Crippen molar-refractivity contribution in [3.8, 4) is 0 Å². The summed E-state index contributed by atoms with van der Waals surface area (Å²) >= 11 is 8.22. The molecule has 0 saturated heterocycles. The maximum absolute atomic E-state index is 10.5. The third-order valence-electron chi connectivity index (χ3n) is 1.02. The molecule has 0 bridgehead atoms. The molecule has 0 aromatic rings. The van der Waals surface area contributed by atoms with E-state index in [0.717, 1.165) is 0 Å². The number of halogens is 2. The summed E-state index contributed by atoms with van der Waals surface area (Å²) < 4.78 is 3.88. The molecule has 4 heteroatoms. The molecule has 0 radical (unpaired) electrons. The Bertz CT molecular complexity index is 158. The van der Waals surface area contributed by atoms with E-state index in [1.807, 2.05) is 0 Å². The van der Waals surface area contributed by atoms with Gasteiger partial charge in [0.15, 0.2) is 0 Å². The predicted octanol–water partition coefficient (Wildman–Crippen LogP) is 1.78. The van der Waals surface area contributed by atoms with Crippen LogP contribution in [0.5, 0.6) is 0 Å².